The first-order chi connectivity index (χ1) is 15.5. The van der Waals surface area contributed by atoms with Crippen molar-refractivity contribution >= 4 is 23.6 Å². The van der Waals surface area contributed by atoms with E-state index in [1.165, 1.54) is 0 Å². The van der Waals surface area contributed by atoms with Gasteiger partial charge in [-0.05, 0) is 63.4 Å². The lowest BCUT2D eigenvalue weighted by Crippen LogP contribution is -2.35. The van der Waals surface area contributed by atoms with Gasteiger partial charge in [-0.15, -0.1) is 0 Å². The predicted molar refractivity (Wildman–Crippen MR) is 127 cm³/mol. The zero-order valence-electron chi connectivity index (χ0n) is 19.9. The number of alkyl carbamates (subject to hydrolysis) is 1. The maximum atomic E-state index is 12.4. The summed E-state index contributed by atoms with van der Waals surface area (Å²) < 4.78 is 10.8. The zero-order chi connectivity index (χ0) is 24.4. The highest BCUT2D eigenvalue weighted by Crippen LogP contribution is 2.21. The zero-order valence-corrected chi connectivity index (χ0v) is 19.9. The van der Waals surface area contributed by atoms with Crippen LogP contribution in [0.25, 0.3) is 0 Å². The van der Waals surface area contributed by atoms with Crippen LogP contribution in [0.2, 0.25) is 0 Å². The highest BCUT2D eigenvalue weighted by molar-refractivity contribution is 5.92. The van der Waals surface area contributed by atoms with E-state index in [4.69, 9.17) is 9.47 Å². The van der Waals surface area contributed by atoms with Gasteiger partial charge < -0.3 is 25.4 Å². The van der Waals surface area contributed by atoms with Crippen LogP contribution in [0.15, 0.2) is 42.5 Å². The third-order valence-corrected chi connectivity index (χ3v) is 4.70. The number of rotatable bonds is 9. The van der Waals surface area contributed by atoms with Crippen molar-refractivity contribution in [2.75, 3.05) is 18.5 Å². The number of hydrogen-bond donors (Lipinski definition) is 3. The van der Waals surface area contributed by atoms with Crippen molar-refractivity contribution in [2.45, 2.75) is 53.2 Å². The van der Waals surface area contributed by atoms with E-state index in [-0.39, 0.29) is 37.9 Å². The van der Waals surface area contributed by atoms with E-state index in [1.807, 2.05) is 44.2 Å². The van der Waals surface area contributed by atoms with Gasteiger partial charge in [0.25, 0.3) is 5.91 Å². The number of carbonyl (C=O) groups excluding carboxylic acids is 3. The molecule has 0 bridgehead atoms. The number of amides is 3. The Morgan fingerprint density at radius 2 is 1.64 bits per heavy atom. The fourth-order valence-electron chi connectivity index (χ4n) is 2.88. The van der Waals surface area contributed by atoms with Crippen molar-refractivity contribution in [3.05, 3.63) is 59.2 Å². The Balaban J connectivity index is 1.81. The second kappa shape index (κ2) is 11.9. The summed E-state index contributed by atoms with van der Waals surface area (Å²) in [5.74, 6) is 0.146. The average molecular weight is 456 g/mol. The minimum absolute atomic E-state index is 0.109. The van der Waals surface area contributed by atoms with E-state index in [0.717, 1.165) is 16.7 Å². The van der Waals surface area contributed by atoms with E-state index in [0.29, 0.717) is 11.4 Å². The highest BCUT2D eigenvalue weighted by Gasteiger charge is 2.16. The normalized spacial score (nSPS) is 10.8. The van der Waals surface area contributed by atoms with E-state index in [1.54, 1.807) is 32.9 Å². The van der Waals surface area contributed by atoms with Crippen LogP contribution in [0, 0.1) is 13.8 Å². The molecule has 3 N–H and O–H groups in total. The van der Waals surface area contributed by atoms with Gasteiger partial charge in [-0.3, -0.25) is 9.59 Å². The molecule has 0 aliphatic rings. The molecular formula is C25H33N3O5. The number of para-hydroxylation sites is 1. The maximum absolute atomic E-state index is 12.4. The number of benzene rings is 2. The Morgan fingerprint density at radius 1 is 0.909 bits per heavy atom. The molecule has 0 radical (unpaired) electrons. The van der Waals surface area contributed by atoms with Crippen LogP contribution in [0.4, 0.5) is 10.5 Å². The molecule has 3 amide bonds. The molecule has 0 fully saturated rings. The largest absolute Gasteiger partial charge is 0.483 e. The smallest absolute Gasteiger partial charge is 0.407 e. The van der Waals surface area contributed by atoms with Crippen molar-refractivity contribution in [3.8, 4) is 5.75 Å². The standard InChI is InChI=1S/C25H33N3O5/c1-17-9-8-12-21(18(17)2)32-16-23(30)28-20-11-7-6-10-19(20)15-27-22(29)13-14-26-24(31)33-25(3,4)5/h6-12H,13-16H2,1-5H3,(H,26,31)(H,27,29)(H,28,30). The first-order valence-corrected chi connectivity index (χ1v) is 10.9. The fraction of sp³-hybridized carbons (Fsp3) is 0.400. The van der Waals surface area contributed by atoms with Gasteiger partial charge in [-0.2, -0.15) is 0 Å². The molecule has 33 heavy (non-hydrogen) atoms. The van der Waals surface area contributed by atoms with Crippen LogP contribution < -0.4 is 20.7 Å². The van der Waals surface area contributed by atoms with E-state index in [2.05, 4.69) is 16.0 Å². The summed E-state index contributed by atoms with van der Waals surface area (Å²) in [6.07, 6.45) is -0.455. The fourth-order valence-corrected chi connectivity index (χ4v) is 2.88. The van der Waals surface area contributed by atoms with Crippen molar-refractivity contribution in [3.63, 3.8) is 0 Å². The van der Waals surface area contributed by atoms with Gasteiger partial charge in [-0.1, -0.05) is 30.3 Å². The van der Waals surface area contributed by atoms with E-state index < -0.39 is 11.7 Å². The van der Waals surface area contributed by atoms with Crippen molar-refractivity contribution in [1.82, 2.24) is 10.6 Å². The minimum Gasteiger partial charge on any atom is -0.483 e. The van der Waals surface area contributed by atoms with Crippen LogP contribution in [0.3, 0.4) is 0 Å². The molecule has 0 aliphatic heterocycles. The maximum Gasteiger partial charge on any atom is 0.407 e. The molecule has 8 nitrogen and oxygen atoms in total. The molecule has 2 rings (SSSR count). The number of ether oxygens (including phenoxy) is 2. The average Bonchev–Trinajstić information content (AvgIpc) is 2.73. The summed E-state index contributed by atoms with van der Waals surface area (Å²) in [5.41, 5.74) is 2.85. The monoisotopic (exact) mass is 455 g/mol. The molecule has 2 aromatic rings. The Bertz CT molecular complexity index is 982. The summed E-state index contributed by atoms with van der Waals surface area (Å²) in [6.45, 7) is 9.52. The molecule has 0 heterocycles. The van der Waals surface area contributed by atoms with Crippen LogP contribution in [0.5, 0.6) is 5.75 Å². The van der Waals surface area contributed by atoms with Gasteiger partial charge in [-0.25, -0.2) is 4.79 Å². The Hall–Kier alpha value is -3.55. The summed E-state index contributed by atoms with van der Waals surface area (Å²) in [6, 6.07) is 12.9. The van der Waals surface area contributed by atoms with Gasteiger partial charge in [0.2, 0.25) is 5.91 Å². The third-order valence-electron chi connectivity index (χ3n) is 4.70. The number of aryl methyl sites for hydroxylation is 1. The lowest BCUT2D eigenvalue weighted by Gasteiger charge is -2.19. The van der Waals surface area contributed by atoms with Gasteiger partial charge in [0.15, 0.2) is 6.61 Å². The van der Waals surface area contributed by atoms with Crippen molar-refractivity contribution in [2.24, 2.45) is 0 Å². The summed E-state index contributed by atoms with van der Waals surface area (Å²) in [5, 5.41) is 8.17. The molecule has 0 aliphatic carbocycles. The SMILES string of the molecule is Cc1cccc(OCC(=O)Nc2ccccc2CNC(=O)CCNC(=O)OC(C)(C)C)c1C. The molecule has 0 spiro atoms. The van der Waals surface area contributed by atoms with Gasteiger partial charge in [0.05, 0.1) is 0 Å². The van der Waals surface area contributed by atoms with Crippen molar-refractivity contribution in [1.29, 1.82) is 0 Å². The number of nitrogens with one attached hydrogen (secondary N) is 3. The van der Waals surface area contributed by atoms with Crippen molar-refractivity contribution < 1.29 is 23.9 Å². The molecule has 0 aromatic heterocycles. The third kappa shape index (κ3) is 9.22. The highest BCUT2D eigenvalue weighted by atomic mass is 16.6. The molecule has 2 aromatic carbocycles. The number of hydrogen-bond acceptors (Lipinski definition) is 5. The summed E-state index contributed by atoms with van der Waals surface area (Å²) in [7, 11) is 0. The molecule has 0 unspecified atom stereocenters. The van der Waals surface area contributed by atoms with E-state index >= 15 is 0 Å². The summed E-state index contributed by atoms with van der Waals surface area (Å²) >= 11 is 0. The van der Waals surface area contributed by atoms with E-state index in [9.17, 15) is 14.4 Å². The van der Waals surface area contributed by atoms with Gasteiger partial charge in [0.1, 0.15) is 11.4 Å². The predicted octanol–water partition coefficient (Wildman–Crippen LogP) is 3.85. The van der Waals surface area contributed by atoms with Crippen LogP contribution in [0.1, 0.15) is 43.9 Å². The lowest BCUT2D eigenvalue weighted by molar-refractivity contribution is -0.121. The molecule has 0 saturated carbocycles. The lowest BCUT2D eigenvalue weighted by atomic mass is 10.1. The molecular weight excluding hydrogens is 422 g/mol. The molecule has 178 valence electrons. The summed E-state index contributed by atoms with van der Waals surface area (Å²) in [4.78, 5) is 36.2. The van der Waals surface area contributed by atoms with Gasteiger partial charge in [0, 0.05) is 25.2 Å². The molecule has 0 atom stereocenters. The molecule has 8 heteroatoms. The first kappa shape index (κ1) is 25.7. The second-order valence-electron chi connectivity index (χ2n) is 8.65. The minimum atomic E-state index is -0.593. The first-order valence-electron chi connectivity index (χ1n) is 10.9. The number of anilines is 1. The van der Waals surface area contributed by atoms with Crippen LogP contribution in [-0.2, 0) is 20.9 Å². The topological polar surface area (TPSA) is 106 Å². The van der Waals surface area contributed by atoms with Crippen LogP contribution >= 0.6 is 0 Å². The van der Waals surface area contributed by atoms with Crippen LogP contribution in [-0.4, -0.2) is 36.7 Å². The molecule has 0 saturated heterocycles. The Morgan fingerprint density at radius 3 is 2.36 bits per heavy atom. The quantitative estimate of drug-likeness (QED) is 0.533. The second-order valence-corrected chi connectivity index (χ2v) is 8.65. The van der Waals surface area contributed by atoms with Gasteiger partial charge >= 0.3 is 6.09 Å². The Labute approximate surface area is 195 Å². The Kier molecular flexibility index (Phi) is 9.27. The number of carbonyl (C=O) groups is 3.